The van der Waals surface area contributed by atoms with Crippen LogP contribution in [0.15, 0.2) is 60.8 Å². The maximum Gasteiger partial charge on any atom is 0.126 e. The zero-order chi connectivity index (χ0) is 11.7. The lowest BCUT2D eigenvalue weighted by molar-refractivity contribution is 0.626. The molecular weight excluding hydrogens is 213 g/mol. The van der Waals surface area contributed by atoms with Crippen molar-refractivity contribution in [3.63, 3.8) is 0 Å². The number of benzene rings is 2. The Morgan fingerprint density at radius 2 is 1.65 bits per heavy atom. The highest BCUT2D eigenvalue weighted by atomic mass is 19.1. The molecule has 17 heavy (non-hydrogen) atoms. The van der Waals surface area contributed by atoms with Crippen molar-refractivity contribution in [1.29, 1.82) is 0 Å². The topological polar surface area (TPSA) is 12.9 Å². The van der Waals surface area contributed by atoms with Crippen LogP contribution in [0.25, 0.3) is 22.0 Å². The van der Waals surface area contributed by atoms with Gasteiger partial charge in [0.15, 0.2) is 0 Å². The summed E-state index contributed by atoms with van der Waals surface area (Å²) in [4.78, 5) is 4.18. The maximum absolute atomic E-state index is 13.1. The van der Waals surface area contributed by atoms with Gasteiger partial charge in [0.1, 0.15) is 5.82 Å². The summed E-state index contributed by atoms with van der Waals surface area (Å²) >= 11 is 0. The Morgan fingerprint density at radius 3 is 2.47 bits per heavy atom. The Morgan fingerprint density at radius 1 is 0.824 bits per heavy atom. The van der Waals surface area contributed by atoms with Gasteiger partial charge in [-0.25, -0.2) is 4.39 Å². The fraction of sp³-hybridized carbons (Fsp3) is 0. The van der Waals surface area contributed by atoms with Crippen molar-refractivity contribution in [2.24, 2.45) is 0 Å². The van der Waals surface area contributed by atoms with Crippen molar-refractivity contribution in [1.82, 2.24) is 4.98 Å². The zero-order valence-corrected chi connectivity index (χ0v) is 9.10. The molecule has 0 fully saturated rings. The average molecular weight is 223 g/mol. The molecule has 0 bridgehead atoms. The van der Waals surface area contributed by atoms with Crippen LogP contribution in [0.4, 0.5) is 4.39 Å². The molecule has 0 aliphatic carbocycles. The third-order valence-electron chi connectivity index (χ3n) is 2.77. The van der Waals surface area contributed by atoms with Gasteiger partial charge in [-0.2, -0.15) is 0 Å². The molecule has 3 aromatic rings. The standard InChI is InChI=1S/C15H10FN/c16-14-7-8-17-15(10-14)13-6-5-11-3-1-2-4-12(11)9-13/h1-10H. The van der Waals surface area contributed by atoms with Crippen LogP contribution in [0.2, 0.25) is 0 Å². The Hall–Kier alpha value is -2.22. The minimum Gasteiger partial charge on any atom is -0.256 e. The summed E-state index contributed by atoms with van der Waals surface area (Å²) in [5, 5.41) is 2.31. The Balaban J connectivity index is 2.18. The number of aromatic nitrogens is 1. The number of hydrogen-bond acceptors (Lipinski definition) is 1. The SMILES string of the molecule is Fc1ccnc(-c2ccc3ccccc3c2)c1. The maximum atomic E-state index is 13.1. The van der Waals surface area contributed by atoms with Gasteiger partial charge in [0.05, 0.1) is 5.69 Å². The van der Waals surface area contributed by atoms with Gasteiger partial charge in [0.25, 0.3) is 0 Å². The number of halogens is 1. The molecule has 1 aromatic heterocycles. The van der Waals surface area contributed by atoms with E-state index in [9.17, 15) is 4.39 Å². The van der Waals surface area contributed by atoms with Crippen LogP contribution in [-0.2, 0) is 0 Å². The number of nitrogens with zero attached hydrogens (tertiary/aromatic N) is 1. The molecule has 0 aliphatic heterocycles. The second-order valence-corrected chi connectivity index (χ2v) is 3.92. The van der Waals surface area contributed by atoms with Crippen molar-refractivity contribution in [2.45, 2.75) is 0 Å². The van der Waals surface area contributed by atoms with Gasteiger partial charge in [-0.3, -0.25) is 4.98 Å². The molecular formula is C15H10FN. The summed E-state index contributed by atoms with van der Waals surface area (Å²) < 4.78 is 13.1. The van der Waals surface area contributed by atoms with E-state index in [1.54, 1.807) is 0 Å². The van der Waals surface area contributed by atoms with Gasteiger partial charge in [0.2, 0.25) is 0 Å². The monoisotopic (exact) mass is 223 g/mol. The first kappa shape index (κ1) is 9.97. The van der Waals surface area contributed by atoms with Crippen molar-refractivity contribution >= 4 is 10.8 Å². The van der Waals surface area contributed by atoms with Gasteiger partial charge in [-0.05, 0) is 22.9 Å². The van der Waals surface area contributed by atoms with Gasteiger partial charge in [-0.15, -0.1) is 0 Å². The molecule has 0 unspecified atom stereocenters. The quantitative estimate of drug-likeness (QED) is 0.606. The molecule has 0 N–H and O–H groups in total. The number of hydrogen-bond donors (Lipinski definition) is 0. The molecule has 0 saturated carbocycles. The van der Waals surface area contributed by atoms with E-state index in [4.69, 9.17) is 0 Å². The Kier molecular flexibility index (Phi) is 2.33. The van der Waals surface area contributed by atoms with Crippen LogP contribution in [-0.4, -0.2) is 4.98 Å². The lowest BCUT2D eigenvalue weighted by Gasteiger charge is -2.03. The summed E-state index contributed by atoms with van der Waals surface area (Å²) in [6.45, 7) is 0. The summed E-state index contributed by atoms with van der Waals surface area (Å²) in [5.74, 6) is -0.261. The molecule has 2 heteroatoms. The predicted octanol–water partition coefficient (Wildman–Crippen LogP) is 4.04. The molecule has 82 valence electrons. The van der Waals surface area contributed by atoms with Crippen LogP contribution in [0.3, 0.4) is 0 Å². The lowest BCUT2D eigenvalue weighted by Crippen LogP contribution is -1.85. The van der Waals surface area contributed by atoms with E-state index in [0.29, 0.717) is 5.69 Å². The third kappa shape index (κ3) is 1.89. The molecule has 1 heterocycles. The first-order chi connectivity index (χ1) is 8.33. The molecule has 0 radical (unpaired) electrons. The van der Waals surface area contributed by atoms with Gasteiger partial charge in [-0.1, -0.05) is 36.4 Å². The van der Waals surface area contributed by atoms with Crippen molar-refractivity contribution in [2.75, 3.05) is 0 Å². The van der Waals surface area contributed by atoms with Crippen LogP contribution < -0.4 is 0 Å². The van der Waals surface area contributed by atoms with Gasteiger partial charge >= 0.3 is 0 Å². The summed E-state index contributed by atoms with van der Waals surface area (Å²) in [7, 11) is 0. The van der Waals surface area contributed by atoms with Crippen LogP contribution in [0.5, 0.6) is 0 Å². The molecule has 0 spiro atoms. The van der Waals surface area contributed by atoms with E-state index in [1.807, 2.05) is 36.4 Å². The van der Waals surface area contributed by atoms with Crippen molar-refractivity contribution < 1.29 is 4.39 Å². The highest BCUT2D eigenvalue weighted by Crippen LogP contribution is 2.23. The molecule has 0 saturated heterocycles. The molecule has 0 aliphatic rings. The lowest BCUT2D eigenvalue weighted by atomic mass is 10.0. The fourth-order valence-electron chi connectivity index (χ4n) is 1.91. The summed E-state index contributed by atoms with van der Waals surface area (Å²) in [6.07, 6.45) is 1.49. The number of rotatable bonds is 1. The Labute approximate surface area is 98.6 Å². The highest BCUT2D eigenvalue weighted by molar-refractivity contribution is 5.86. The average Bonchev–Trinajstić information content (AvgIpc) is 2.38. The Bertz CT molecular complexity index is 676. The van der Waals surface area contributed by atoms with E-state index >= 15 is 0 Å². The summed E-state index contributed by atoms with van der Waals surface area (Å²) in [5.41, 5.74) is 1.60. The largest absolute Gasteiger partial charge is 0.256 e. The number of pyridine rings is 1. The van der Waals surface area contributed by atoms with E-state index in [2.05, 4.69) is 11.1 Å². The predicted molar refractivity (Wildman–Crippen MR) is 67.1 cm³/mol. The second kappa shape index (κ2) is 3.98. The van der Waals surface area contributed by atoms with E-state index in [-0.39, 0.29) is 5.82 Å². The first-order valence-electron chi connectivity index (χ1n) is 5.44. The van der Waals surface area contributed by atoms with Crippen LogP contribution >= 0.6 is 0 Å². The van der Waals surface area contributed by atoms with Gasteiger partial charge < -0.3 is 0 Å². The normalized spacial score (nSPS) is 10.6. The second-order valence-electron chi connectivity index (χ2n) is 3.92. The highest BCUT2D eigenvalue weighted by Gasteiger charge is 2.01. The smallest absolute Gasteiger partial charge is 0.126 e. The van der Waals surface area contributed by atoms with E-state index < -0.39 is 0 Å². The molecule has 0 amide bonds. The fourth-order valence-corrected chi connectivity index (χ4v) is 1.91. The van der Waals surface area contributed by atoms with Crippen LogP contribution in [0, 0.1) is 5.82 Å². The first-order valence-corrected chi connectivity index (χ1v) is 5.44. The zero-order valence-electron chi connectivity index (χ0n) is 9.10. The van der Waals surface area contributed by atoms with Crippen molar-refractivity contribution in [3.05, 3.63) is 66.6 Å². The van der Waals surface area contributed by atoms with Crippen LogP contribution in [0.1, 0.15) is 0 Å². The molecule has 1 nitrogen and oxygen atoms in total. The molecule has 2 aromatic carbocycles. The third-order valence-corrected chi connectivity index (χ3v) is 2.77. The summed E-state index contributed by atoms with van der Waals surface area (Å²) in [6, 6.07) is 16.9. The van der Waals surface area contributed by atoms with Gasteiger partial charge in [0, 0.05) is 17.8 Å². The minimum absolute atomic E-state index is 0.261. The molecule has 0 atom stereocenters. The van der Waals surface area contributed by atoms with E-state index in [1.165, 1.54) is 23.7 Å². The van der Waals surface area contributed by atoms with E-state index in [0.717, 1.165) is 10.9 Å². The molecule has 3 rings (SSSR count). The number of fused-ring (bicyclic) bond motifs is 1. The minimum atomic E-state index is -0.261. The van der Waals surface area contributed by atoms with Crippen molar-refractivity contribution in [3.8, 4) is 11.3 Å².